The highest BCUT2D eigenvalue weighted by molar-refractivity contribution is 4.70. The molecule has 22 heavy (non-hydrogen) atoms. The number of hydrogen-bond acceptors (Lipinski definition) is 2. The first kappa shape index (κ1) is 21.9. The predicted octanol–water partition coefficient (Wildman–Crippen LogP) is 5.63. The number of hydrogen-bond donors (Lipinski definition) is 2. The van der Waals surface area contributed by atoms with Gasteiger partial charge >= 0.3 is 0 Å². The molecule has 0 radical (unpaired) electrons. The third kappa shape index (κ3) is 11.5. The van der Waals surface area contributed by atoms with E-state index in [0.717, 1.165) is 0 Å². The summed E-state index contributed by atoms with van der Waals surface area (Å²) in [5, 5.41) is 0. The molecular formula is C20H44N2. The van der Waals surface area contributed by atoms with Crippen LogP contribution < -0.4 is 11.5 Å². The summed E-state index contributed by atoms with van der Waals surface area (Å²) in [6.45, 7) is 9.10. The van der Waals surface area contributed by atoms with Crippen LogP contribution in [0.4, 0.5) is 0 Å². The Morgan fingerprint density at radius 3 is 1.18 bits per heavy atom. The Morgan fingerprint density at radius 2 is 0.864 bits per heavy atom. The van der Waals surface area contributed by atoms with E-state index >= 15 is 0 Å². The van der Waals surface area contributed by atoms with E-state index in [4.69, 9.17) is 11.5 Å². The van der Waals surface area contributed by atoms with Crippen molar-refractivity contribution in [3.8, 4) is 0 Å². The van der Waals surface area contributed by atoms with Gasteiger partial charge in [-0.2, -0.15) is 0 Å². The predicted molar refractivity (Wildman–Crippen MR) is 101 cm³/mol. The summed E-state index contributed by atoms with van der Waals surface area (Å²) in [5.41, 5.74) is 12.5. The van der Waals surface area contributed by atoms with Gasteiger partial charge in [-0.1, -0.05) is 79.1 Å². The van der Waals surface area contributed by atoms with Crippen LogP contribution in [0.25, 0.3) is 0 Å². The first-order valence-electron chi connectivity index (χ1n) is 10.0. The van der Waals surface area contributed by atoms with Gasteiger partial charge in [0, 0.05) is 12.1 Å². The van der Waals surface area contributed by atoms with E-state index in [2.05, 4.69) is 27.7 Å². The summed E-state index contributed by atoms with van der Waals surface area (Å²) in [6, 6.07) is 0.830. The first-order chi connectivity index (χ1) is 10.5. The summed E-state index contributed by atoms with van der Waals surface area (Å²) in [5.74, 6) is 1.38. The molecule has 0 amide bonds. The first-order valence-corrected chi connectivity index (χ1v) is 10.0. The second kappa shape index (κ2) is 14.5. The molecule has 0 aliphatic heterocycles. The molecule has 0 bridgehead atoms. The normalized spacial score (nSPS) is 17.2. The molecule has 0 aromatic heterocycles. The van der Waals surface area contributed by atoms with E-state index in [-0.39, 0.29) is 0 Å². The van der Waals surface area contributed by atoms with Gasteiger partial charge < -0.3 is 11.5 Å². The lowest BCUT2D eigenvalue weighted by Crippen LogP contribution is -2.28. The fourth-order valence-corrected chi connectivity index (χ4v) is 3.38. The summed E-state index contributed by atoms with van der Waals surface area (Å²) in [7, 11) is 0. The van der Waals surface area contributed by atoms with Crippen molar-refractivity contribution in [2.45, 2.75) is 117 Å². The quantitative estimate of drug-likeness (QED) is 0.385. The average molecular weight is 313 g/mol. The van der Waals surface area contributed by atoms with Crippen molar-refractivity contribution in [1.29, 1.82) is 0 Å². The molecule has 0 heterocycles. The van der Waals surface area contributed by atoms with Crippen LogP contribution >= 0.6 is 0 Å². The Hall–Kier alpha value is -0.0800. The van der Waals surface area contributed by atoms with Crippen LogP contribution in [-0.4, -0.2) is 12.1 Å². The molecule has 2 heteroatoms. The molecule has 4 atom stereocenters. The van der Waals surface area contributed by atoms with Gasteiger partial charge in [0.05, 0.1) is 0 Å². The van der Waals surface area contributed by atoms with E-state index < -0.39 is 0 Å². The Bertz CT molecular complexity index is 206. The highest BCUT2D eigenvalue weighted by Crippen LogP contribution is 2.17. The van der Waals surface area contributed by atoms with E-state index in [1.54, 1.807) is 0 Å². The summed E-state index contributed by atoms with van der Waals surface area (Å²) in [6.07, 6.45) is 15.5. The van der Waals surface area contributed by atoms with E-state index in [9.17, 15) is 0 Å². The van der Waals surface area contributed by atoms with Gasteiger partial charge in [0.2, 0.25) is 0 Å². The van der Waals surface area contributed by atoms with Gasteiger partial charge in [0.1, 0.15) is 0 Å². The second-order valence-electron chi connectivity index (χ2n) is 7.56. The van der Waals surface area contributed by atoms with Crippen molar-refractivity contribution >= 4 is 0 Å². The zero-order valence-electron chi connectivity index (χ0n) is 15.9. The van der Waals surface area contributed by atoms with Crippen LogP contribution in [-0.2, 0) is 0 Å². The third-order valence-electron chi connectivity index (χ3n) is 5.27. The average Bonchev–Trinajstić information content (AvgIpc) is 2.49. The Labute approximate surface area is 140 Å². The van der Waals surface area contributed by atoms with Gasteiger partial charge in [0.15, 0.2) is 0 Å². The topological polar surface area (TPSA) is 52.0 Å². The molecule has 0 rings (SSSR count). The largest absolute Gasteiger partial charge is 0.327 e. The van der Waals surface area contributed by atoms with Gasteiger partial charge in [-0.05, 0) is 37.5 Å². The van der Waals surface area contributed by atoms with Gasteiger partial charge in [-0.15, -0.1) is 0 Å². The molecule has 2 nitrogen and oxygen atoms in total. The lowest BCUT2D eigenvalue weighted by molar-refractivity contribution is 0.381. The highest BCUT2D eigenvalue weighted by atomic mass is 14.6. The van der Waals surface area contributed by atoms with Crippen molar-refractivity contribution in [1.82, 2.24) is 0 Å². The molecule has 0 aliphatic carbocycles. The van der Waals surface area contributed by atoms with Crippen LogP contribution in [0.5, 0.6) is 0 Å². The Kier molecular flexibility index (Phi) is 14.5. The van der Waals surface area contributed by atoms with Crippen molar-refractivity contribution in [3.63, 3.8) is 0 Å². The maximum Gasteiger partial charge on any atom is 0.00645 e. The molecule has 0 aromatic rings. The fraction of sp³-hybridized carbons (Fsp3) is 1.00. The summed E-state index contributed by atoms with van der Waals surface area (Å²) >= 11 is 0. The lowest BCUT2D eigenvalue weighted by Gasteiger charge is -2.19. The summed E-state index contributed by atoms with van der Waals surface area (Å²) < 4.78 is 0. The summed E-state index contributed by atoms with van der Waals surface area (Å²) in [4.78, 5) is 0. The smallest absolute Gasteiger partial charge is 0.00645 e. The second-order valence-corrected chi connectivity index (χ2v) is 7.56. The highest BCUT2D eigenvalue weighted by Gasteiger charge is 2.12. The van der Waals surface area contributed by atoms with Crippen molar-refractivity contribution in [3.05, 3.63) is 0 Å². The number of rotatable bonds is 15. The monoisotopic (exact) mass is 312 g/mol. The fourth-order valence-electron chi connectivity index (χ4n) is 3.38. The minimum Gasteiger partial charge on any atom is -0.327 e. The van der Waals surface area contributed by atoms with Gasteiger partial charge in [-0.3, -0.25) is 0 Å². The van der Waals surface area contributed by atoms with Crippen molar-refractivity contribution in [2.75, 3.05) is 0 Å². The molecule has 0 spiro atoms. The van der Waals surface area contributed by atoms with Crippen molar-refractivity contribution < 1.29 is 0 Å². The molecule has 0 saturated carbocycles. The van der Waals surface area contributed by atoms with E-state index in [1.807, 2.05) is 0 Å². The van der Waals surface area contributed by atoms with E-state index in [1.165, 1.54) is 77.0 Å². The molecule has 0 saturated heterocycles. The lowest BCUT2D eigenvalue weighted by atomic mass is 9.92. The molecular weight excluding hydrogens is 268 g/mol. The zero-order valence-corrected chi connectivity index (χ0v) is 15.9. The number of unbranched alkanes of at least 4 members (excludes halogenated alkanes) is 5. The van der Waals surface area contributed by atoms with Gasteiger partial charge in [-0.25, -0.2) is 0 Å². The zero-order chi connectivity index (χ0) is 16.8. The maximum absolute atomic E-state index is 6.24. The number of nitrogens with two attached hydrogens (primary N) is 2. The van der Waals surface area contributed by atoms with Gasteiger partial charge in [0.25, 0.3) is 0 Å². The van der Waals surface area contributed by atoms with E-state index in [0.29, 0.717) is 23.9 Å². The maximum atomic E-state index is 6.24. The van der Waals surface area contributed by atoms with Crippen LogP contribution in [0.1, 0.15) is 105 Å². The molecule has 4 unspecified atom stereocenters. The molecule has 134 valence electrons. The molecule has 0 aromatic carbocycles. The van der Waals surface area contributed by atoms with Crippen LogP contribution in [0.3, 0.4) is 0 Å². The third-order valence-corrected chi connectivity index (χ3v) is 5.27. The Morgan fingerprint density at radius 1 is 0.545 bits per heavy atom. The molecule has 0 aliphatic rings. The Balaban J connectivity index is 3.40. The SMILES string of the molecule is CCCC(C)C(N)CCCCCCCCC(N)C(C)CCC. The van der Waals surface area contributed by atoms with Crippen LogP contribution in [0, 0.1) is 11.8 Å². The molecule has 0 fully saturated rings. The minimum atomic E-state index is 0.415. The van der Waals surface area contributed by atoms with Crippen LogP contribution in [0.2, 0.25) is 0 Å². The minimum absolute atomic E-state index is 0.415. The molecule has 4 N–H and O–H groups in total. The standard InChI is InChI=1S/C20H44N2/c1-5-13-17(3)19(21)15-11-9-7-8-10-12-16-20(22)18(4)14-6-2/h17-20H,5-16,21-22H2,1-4H3. The van der Waals surface area contributed by atoms with Crippen molar-refractivity contribution in [2.24, 2.45) is 23.3 Å². The van der Waals surface area contributed by atoms with Crippen LogP contribution in [0.15, 0.2) is 0 Å².